The standard InChI is InChI=1S/C19H21FN2O4/c20-13-5-7-14(8-6-13)22-17(23)10-16(19(22)25)21(18(24)12-3-4-12)11-15-2-1-9-26-15/h5-8,12,15-16H,1-4,9-11H2. The van der Waals surface area contributed by atoms with Crippen LogP contribution in [0.3, 0.4) is 0 Å². The molecule has 2 atom stereocenters. The van der Waals surface area contributed by atoms with Gasteiger partial charge in [-0.1, -0.05) is 0 Å². The summed E-state index contributed by atoms with van der Waals surface area (Å²) in [6, 6.07) is 4.43. The minimum atomic E-state index is -0.801. The number of ether oxygens (including phenoxy) is 1. The Morgan fingerprint density at radius 2 is 1.92 bits per heavy atom. The van der Waals surface area contributed by atoms with Gasteiger partial charge in [0, 0.05) is 19.1 Å². The molecule has 6 nitrogen and oxygen atoms in total. The van der Waals surface area contributed by atoms with Crippen molar-refractivity contribution in [3.8, 4) is 0 Å². The second-order valence-corrected chi connectivity index (χ2v) is 7.16. The van der Waals surface area contributed by atoms with E-state index in [-0.39, 0.29) is 30.3 Å². The summed E-state index contributed by atoms with van der Waals surface area (Å²) >= 11 is 0. The van der Waals surface area contributed by atoms with Crippen LogP contribution in [-0.4, -0.2) is 47.9 Å². The molecule has 1 aromatic rings. The maximum absolute atomic E-state index is 13.1. The van der Waals surface area contributed by atoms with Crippen molar-refractivity contribution >= 4 is 23.4 Å². The molecule has 2 unspecified atom stereocenters. The second kappa shape index (κ2) is 6.79. The Hall–Kier alpha value is -2.28. The van der Waals surface area contributed by atoms with Crippen molar-refractivity contribution in [1.82, 2.24) is 4.90 Å². The number of anilines is 1. The summed E-state index contributed by atoms with van der Waals surface area (Å²) in [6.45, 7) is 1.01. The monoisotopic (exact) mass is 360 g/mol. The number of nitrogens with zero attached hydrogens (tertiary/aromatic N) is 2. The lowest BCUT2D eigenvalue weighted by Gasteiger charge is -2.30. The zero-order chi connectivity index (χ0) is 18.3. The van der Waals surface area contributed by atoms with Gasteiger partial charge in [-0.3, -0.25) is 14.4 Å². The molecule has 1 aliphatic carbocycles. The highest BCUT2D eigenvalue weighted by atomic mass is 19.1. The molecule has 4 rings (SSSR count). The van der Waals surface area contributed by atoms with E-state index in [1.807, 2.05) is 0 Å². The van der Waals surface area contributed by atoms with Gasteiger partial charge in [0.05, 0.1) is 18.2 Å². The van der Waals surface area contributed by atoms with Gasteiger partial charge in [0.15, 0.2) is 0 Å². The van der Waals surface area contributed by atoms with E-state index in [0.717, 1.165) is 30.6 Å². The van der Waals surface area contributed by atoms with Gasteiger partial charge in [0.25, 0.3) is 5.91 Å². The highest BCUT2D eigenvalue weighted by Crippen LogP contribution is 2.34. The molecule has 3 fully saturated rings. The van der Waals surface area contributed by atoms with Gasteiger partial charge < -0.3 is 9.64 Å². The Bertz CT molecular complexity index is 726. The van der Waals surface area contributed by atoms with Crippen LogP contribution in [0.2, 0.25) is 0 Å². The molecule has 3 amide bonds. The summed E-state index contributed by atoms with van der Waals surface area (Å²) in [4.78, 5) is 40.8. The zero-order valence-electron chi connectivity index (χ0n) is 14.4. The maximum atomic E-state index is 13.1. The Labute approximate surface area is 150 Å². The van der Waals surface area contributed by atoms with Crippen LogP contribution in [0.5, 0.6) is 0 Å². The predicted molar refractivity (Wildman–Crippen MR) is 90.7 cm³/mol. The summed E-state index contributed by atoms with van der Waals surface area (Å²) in [6.07, 6.45) is 3.33. The number of carbonyl (C=O) groups excluding carboxylic acids is 3. The average Bonchev–Trinajstić information content (AvgIpc) is 3.27. The van der Waals surface area contributed by atoms with Gasteiger partial charge in [-0.05, 0) is 49.9 Å². The fraction of sp³-hybridized carbons (Fsp3) is 0.526. The first kappa shape index (κ1) is 17.1. The van der Waals surface area contributed by atoms with Gasteiger partial charge in [-0.2, -0.15) is 0 Å². The molecule has 2 aliphatic heterocycles. The van der Waals surface area contributed by atoms with Crippen LogP contribution < -0.4 is 4.90 Å². The number of halogens is 1. The third-order valence-corrected chi connectivity index (χ3v) is 5.22. The van der Waals surface area contributed by atoms with Gasteiger partial charge >= 0.3 is 0 Å². The molecule has 26 heavy (non-hydrogen) atoms. The molecule has 0 spiro atoms. The van der Waals surface area contributed by atoms with E-state index >= 15 is 0 Å². The van der Waals surface area contributed by atoms with Gasteiger partial charge in [-0.15, -0.1) is 0 Å². The van der Waals surface area contributed by atoms with Gasteiger partial charge in [-0.25, -0.2) is 9.29 Å². The van der Waals surface area contributed by atoms with Crippen molar-refractivity contribution in [3.05, 3.63) is 30.1 Å². The van der Waals surface area contributed by atoms with Gasteiger partial charge in [0.2, 0.25) is 11.8 Å². The van der Waals surface area contributed by atoms with Gasteiger partial charge in [0.1, 0.15) is 11.9 Å². The molecule has 0 radical (unpaired) electrons. The maximum Gasteiger partial charge on any atom is 0.257 e. The molecule has 7 heteroatoms. The summed E-state index contributed by atoms with van der Waals surface area (Å²) in [5.74, 6) is -1.33. The number of benzene rings is 1. The Morgan fingerprint density at radius 1 is 1.19 bits per heavy atom. The molecule has 0 N–H and O–H groups in total. The lowest BCUT2D eigenvalue weighted by Crippen LogP contribution is -2.49. The average molecular weight is 360 g/mol. The van der Waals surface area contributed by atoms with E-state index in [0.29, 0.717) is 18.8 Å². The summed E-state index contributed by atoms with van der Waals surface area (Å²) in [5, 5.41) is 0. The molecule has 1 aromatic carbocycles. The van der Waals surface area contributed by atoms with Crippen molar-refractivity contribution in [2.75, 3.05) is 18.1 Å². The molecular formula is C19H21FN2O4. The second-order valence-electron chi connectivity index (χ2n) is 7.16. The molecule has 0 bridgehead atoms. The Kier molecular flexibility index (Phi) is 4.48. The number of hydrogen-bond acceptors (Lipinski definition) is 4. The van der Waals surface area contributed by atoms with Crippen LogP contribution in [0.1, 0.15) is 32.1 Å². The van der Waals surface area contributed by atoms with E-state index in [4.69, 9.17) is 4.74 Å². The smallest absolute Gasteiger partial charge is 0.257 e. The van der Waals surface area contributed by atoms with Crippen LogP contribution in [0.15, 0.2) is 24.3 Å². The summed E-state index contributed by atoms with van der Waals surface area (Å²) in [7, 11) is 0. The molecule has 0 aromatic heterocycles. The fourth-order valence-electron chi connectivity index (χ4n) is 3.66. The summed E-state index contributed by atoms with van der Waals surface area (Å²) in [5.41, 5.74) is 0.333. The minimum absolute atomic E-state index is 0.0403. The number of amides is 3. The van der Waals surface area contributed by atoms with Crippen LogP contribution in [0.25, 0.3) is 0 Å². The predicted octanol–water partition coefficient (Wildman–Crippen LogP) is 1.88. The molecule has 2 heterocycles. The lowest BCUT2D eigenvalue weighted by molar-refractivity contribution is -0.141. The van der Waals surface area contributed by atoms with Crippen LogP contribution >= 0.6 is 0 Å². The Balaban J connectivity index is 1.57. The lowest BCUT2D eigenvalue weighted by atomic mass is 10.1. The van der Waals surface area contributed by atoms with Crippen molar-refractivity contribution in [3.63, 3.8) is 0 Å². The number of imide groups is 1. The van der Waals surface area contributed by atoms with Crippen molar-refractivity contribution < 1.29 is 23.5 Å². The van der Waals surface area contributed by atoms with E-state index in [1.54, 1.807) is 4.90 Å². The van der Waals surface area contributed by atoms with E-state index < -0.39 is 17.8 Å². The van der Waals surface area contributed by atoms with Crippen LogP contribution in [0, 0.1) is 11.7 Å². The number of rotatable bonds is 5. The van der Waals surface area contributed by atoms with Crippen molar-refractivity contribution in [2.24, 2.45) is 5.92 Å². The summed E-state index contributed by atoms with van der Waals surface area (Å²) < 4.78 is 18.8. The first-order valence-electron chi connectivity index (χ1n) is 9.09. The van der Waals surface area contributed by atoms with E-state index in [1.165, 1.54) is 24.3 Å². The molecular weight excluding hydrogens is 339 g/mol. The largest absolute Gasteiger partial charge is 0.376 e. The molecule has 2 saturated heterocycles. The highest BCUT2D eigenvalue weighted by Gasteiger charge is 2.47. The van der Waals surface area contributed by atoms with Crippen LogP contribution in [-0.2, 0) is 19.1 Å². The molecule has 3 aliphatic rings. The molecule has 138 valence electrons. The van der Waals surface area contributed by atoms with E-state index in [2.05, 4.69) is 0 Å². The molecule has 1 saturated carbocycles. The van der Waals surface area contributed by atoms with E-state index in [9.17, 15) is 18.8 Å². The number of hydrogen-bond donors (Lipinski definition) is 0. The minimum Gasteiger partial charge on any atom is -0.376 e. The van der Waals surface area contributed by atoms with Crippen LogP contribution in [0.4, 0.5) is 10.1 Å². The zero-order valence-corrected chi connectivity index (χ0v) is 14.4. The normalized spacial score (nSPS) is 25.8. The topological polar surface area (TPSA) is 66.9 Å². The highest BCUT2D eigenvalue weighted by molar-refractivity contribution is 6.23. The fourth-order valence-corrected chi connectivity index (χ4v) is 3.66. The third-order valence-electron chi connectivity index (χ3n) is 5.22. The quantitative estimate of drug-likeness (QED) is 0.752. The third kappa shape index (κ3) is 3.23. The number of carbonyl (C=O) groups is 3. The Morgan fingerprint density at radius 3 is 2.54 bits per heavy atom. The van der Waals surface area contributed by atoms with Crippen molar-refractivity contribution in [1.29, 1.82) is 0 Å². The first-order valence-corrected chi connectivity index (χ1v) is 9.09. The van der Waals surface area contributed by atoms with Crippen molar-refractivity contribution in [2.45, 2.75) is 44.2 Å². The first-order chi connectivity index (χ1) is 12.5. The SMILES string of the molecule is O=C1CC(N(CC2CCCO2)C(=O)C2CC2)C(=O)N1c1ccc(F)cc1.